The Labute approximate surface area is 117 Å². The summed E-state index contributed by atoms with van der Waals surface area (Å²) in [6.45, 7) is 1.50. The highest BCUT2D eigenvalue weighted by Crippen LogP contribution is 2.28. The van der Waals surface area contributed by atoms with E-state index in [-0.39, 0.29) is 23.8 Å². The quantitative estimate of drug-likeness (QED) is 0.796. The van der Waals surface area contributed by atoms with E-state index in [1.54, 1.807) is 0 Å². The number of aromatic carboxylic acids is 1. The molecule has 1 N–H and O–H groups in total. The third kappa shape index (κ3) is 2.90. The topological polar surface area (TPSA) is 68.0 Å². The van der Waals surface area contributed by atoms with Crippen LogP contribution >= 0.6 is 0 Å². The molecule has 0 radical (unpaired) electrons. The average Bonchev–Trinajstić information content (AvgIpc) is 2.70. The first-order valence-corrected chi connectivity index (χ1v) is 5.12. The van der Waals surface area contributed by atoms with E-state index in [1.807, 2.05) is 0 Å². The molecule has 0 saturated heterocycles. The Morgan fingerprint density at radius 1 is 1.30 bits per heavy atom. The van der Waals surface area contributed by atoms with Gasteiger partial charge >= 0.3 is 12.1 Å². The summed E-state index contributed by atoms with van der Waals surface area (Å²) in [5.74, 6) is -1.03. The SMILES string of the molecule is Cc1c(C(=O)O)cnn1-c1ccc(C(F)(F)F)cn1.[Cl-]. The predicted octanol–water partition coefficient (Wildman–Crippen LogP) is -0.703. The van der Waals surface area contributed by atoms with Gasteiger partial charge in [0, 0.05) is 6.20 Å². The molecule has 0 unspecified atom stereocenters. The summed E-state index contributed by atoms with van der Waals surface area (Å²) in [6.07, 6.45) is -2.66. The second kappa shape index (κ2) is 5.49. The minimum Gasteiger partial charge on any atom is -1.00 e. The molecule has 0 aliphatic heterocycles. The molecule has 5 nitrogen and oxygen atoms in total. The fraction of sp³-hybridized carbons (Fsp3) is 0.182. The van der Waals surface area contributed by atoms with Crippen molar-refractivity contribution in [1.82, 2.24) is 14.8 Å². The van der Waals surface area contributed by atoms with Crippen molar-refractivity contribution in [2.75, 3.05) is 0 Å². The lowest BCUT2D eigenvalue weighted by Gasteiger charge is -2.07. The van der Waals surface area contributed by atoms with Crippen LogP contribution in [0.3, 0.4) is 0 Å². The van der Waals surface area contributed by atoms with Crippen LogP contribution in [-0.2, 0) is 6.18 Å². The molecule has 2 aromatic rings. The number of hydrogen-bond donors (Lipinski definition) is 1. The lowest BCUT2D eigenvalue weighted by atomic mass is 10.2. The number of pyridine rings is 1. The highest BCUT2D eigenvalue weighted by Gasteiger charge is 2.30. The summed E-state index contributed by atoms with van der Waals surface area (Å²) < 4.78 is 38.3. The summed E-state index contributed by atoms with van der Waals surface area (Å²) >= 11 is 0. The Hall–Kier alpha value is -2.09. The van der Waals surface area contributed by atoms with Gasteiger partial charge in [-0.2, -0.15) is 18.3 Å². The van der Waals surface area contributed by atoms with Crippen LogP contribution in [-0.4, -0.2) is 25.8 Å². The average molecular weight is 307 g/mol. The third-order valence-electron chi connectivity index (χ3n) is 2.53. The van der Waals surface area contributed by atoms with Crippen molar-refractivity contribution in [3.05, 3.63) is 41.3 Å². The summed E-state index contributed by atoms with van der Waals surface area (Å²) in [4.78, 5) is 14.5. The smallest absolute Gasteiger partial charge is 0.417 e. The minimum atomic E-state index is -4.46. The summed E-state index contributed by atoms with van der Waals surface area (Å²) in [5.41, 5.74) is -0.610. The highest BCUT2D eigenvalue weighted by molar-refractivity contribution is 5.88. The lowest BCUT2D eigenvalue weighted by Crippen LogP contribution is -3.00. The maximum atomic E-state index is 12.4. The zero-order valence-electron chi connectivity index (χ0n) is 10.0. The number of nitrogens with zero attached hydrogens (tertiary/aromatic N) is 3. The van der Waals surface area contributed by atoms with Crippen LogP contribution in [0.1, 0.15) is 21.6 Å². The van der Waals surface area contributed by atoms with E-state index in [0.29, 0.717) is 11.9 Å². The molecule has 9 heteroatoms. The molecular formula is C11H8ClF3N3O2-. The molecule has 0 bridgehead atoms. The van der Waals surface area contributed by atoms with Crippen LogP contribution in [0, 0.1) is 6.92 Å². The van der Waals surface area contributed by atoms with Gasteiger partial charge in [0.2, 0.25) is 0 Å². The van der Waals surface area contributed by atoms with Crippen molar-refractivity contribution in [3.63, 3.8) is 0 Å². The normalized spacial score (nSPS) is 11.0. The van der Waals surface area contributed by atoms with Crippen molar-refractivity contribution in [3.8, 4) is 5.82 Å². The number of alkyl halides is 3. The summed E-state index contributed by atoms with van der Waals surface area (Å²) in [6, 6.07) is 2.00. The van der Waals surface area contributed by atoms with Crippen molar-refractivity contribution in [2.24, 2.45) is 0 Å². The van der Waals surface area contributed by atoms with E-state index in [9.17, 15) is 18.0 Å². The first kappa shape index (κ1) is 16.0. The van der Waals surface area contributed by atoms with Gasteiger partial charge < -0.3 is 17.5 Å². The predicted molar refractivity (Wildman–Crippen MR) is 58.1 cm³/mol. The standard InChI is InChI=1S/C11H8F3N3O2.ClH/c1-6-8(10(18)19)5-16-17(6)9-3-2-7(4-15-9)11(12,13)14;/h2-5H,1H3,(H,18,19);1H/p-1. The van der Waals surface area contributed by atoms with Crippen LogP contribution in [0.2, 0.25) is 0 Å². The minimum absolute atomic E-state index is 0. The Kier molecular flexibility index (Phi) is 4.39. The van der Waals surface area contributed by atoms with E-state index < -0.39 is 17.7 Å². The molecule has 0 amide bonds. The molecule has 0 fully saturated rings. The van der Waals surface area contributed by atoms with Crippen LogP contribution in [0.25, 0.3) is 5.82 Å². The van der Waals surface area contributed by atoms with E-state index in [2.05, 4.69) is 10.1 Å². The van der Waals surface area contributed by atoms with Crippen molar-refractivity contribution >= 4 is 5.97 Å². The zero-order valence-corrected chi connectivity index (χ0v) is 10.8. The van der Waals surface area contributed by atoms with Crippen LogP contribution in [0.15, 0.2) is 24.5 Å². The van der Waals surface area contributed by atoms with Gasteiger partial charge in [0.05, 0.1) is 17.5 Å². The molecule has 0 aliphatic carbocycles. The van der Waals surface area contributed by atoms with Crippen LogP contribution < -0.4 is 12.4 Å². The van der Waals surface area contributed by atoms with Gasteiger partial charge in [-0.15, -0.1) is 0 Å². The molecule has 0 spiro atoms. The van der Waals surface area contributed by atoms with Crippen LogP contribution in [0.5, 0.6) is 0 Å². The fourth-order valence-electron chi connectivity index (χ4n) is 1.53. The van der Waals surface area contributed by atoms with Gasteiger partial charge in [0.25, 0.3) is 0 Å². The van der Waals surface area contributed by atoms with Crippen LogP contribution in [0.4, 0.5) is 13.2 Å². The van der Waals surface area contributed by atoms with Gasteiger partial charge in [0.15, 0.2) is 5.82 Å². The zero-order chi connectivity index (χ0) is 14.2. The Balaban J connectivity index is 0.00000200. The Morgan fingerprint density at radius 2 is 1.95 bits per heavy atom. The van der Waals surface area contributed by atoms with Crippen molar-refractivity contribution in [1.29, 1.82) is 0 Å². The van der Waals surface area contributed by atoms with E-state index in [0.717, 1.165) is 18.3 Å². The van der Waals surface area contributed by atoms with Gasteiger partial charge in [0.1, 0.15) is 5.56 Å². The summed E-state index contributed by atoms with van der Waals surface area (Å²) in [5, 5.41) is 12.6. The molecule has 2 heterocycles. The molecule has 0 atom stereocenters. The highest BCUT2D eigenvalue weighted by atomic mass is 35.5. The molecule has 108 valence electrons. The summed E-state index contributed by atoms with van der Waals surface area (Å²) in [7, 11) is 0. The molecule has 2 aromatic heterocycles. The molecule has 0 aromatic carbocycles. The number of aromatic nitrogens is 3. The molecule has 0 saturated carbocycles. The maximum Gasteiger partial charge on any atom is 0.417 e. The number of carbonyl (C=O) groups is 1. The van der Waals surface area contributed by atoms with Gasteiger partial charge in [-0.1, -0.05) is 0 Å². The van der Waals surface area contributed by atoms with E-state index in [1.165, 1.54) is 11.6 Å². The number of carboxylic acid groups (broad SMARTS) is 1. The monoisotopic (exact) mass is 306 g/mol. The second-order valence-corrected chi connectivity index (χ2v) is 3.76. The first-order valence-electron chi connectivity index (χ1n) is 5.12. The maximum absolute atomic E-state index is 12.4. The molecular weight excluding hydrogens is 299 g/mol. The number of carboxylic acids is 1. The third-order valence-corrected chi connectivity index (χ3v) is 2.53. The van der Waals surface area contributed by atoms with Gasteiger partial charge in [-0.25, -0.2) is 14.5 Å². The van der Waals surface area contributed by atoms with Crippen molar-refractivity contribution < 1.29 is 35.5 Å². The fourth-order valence-corrected chi connectivity index (χ4v) is 1.53. The Morgan fingerprint density at radius 3 is 2.35 bits per heavy atom. The number of halogens is 4. The first-order chi connectivity index (χ1) is 8.80. The van der Waals surface area contributed by atoms with Crippen molar-refractivity contribution in [2.45, 2.75) is 13.1 Å². The molecule has 0 aliphatic rings. The Bertz CT molecular complexity index is 623. The molecule has 20 heavy (non-hydrogen) atoms. The van der Waals surface area contributed by atoms with E-state index in [4.69, 9.17) is 5.11 Å². The van der Waals surface area contributed by atoms with E-state index >= 15 is 0 Å². The largest absolute Gasteiger partial charge is 1.00 e. The number of rotatable bonds is 2. The van der Waals surface area contributed by atoms with Gasteiger partial charge in [-0.3, -0.25) is 0 Å². The lowest BCUT2D eigenvalue weighted by molar-refractivity contribution is -0.137. The number of hydrogen-bond acceptors (Lipinski definition) is 3. The van der Waals surface area contributed by atoms with Gasteiger partial charge in [-0.05, 0) is 19.1 Å². The molecule has 2 rings (SSSR count). The second-order valence-electron chi connectivity index (χ2n) is 3.76.